The average molecular weight is 279 g/mol. The van der Waals surface area contributed by atoms with Gasteiger partial charge in [0.1, 0.15) is 18.5 Å². The zero-order valence-corrected chi connectivity index (χ0v) is 12.0. The summed E-state index contributed by atoms with van der Waals surface area (Å²) in [5, 5.41) is 2.92. The number of carbonyl (C=O) groups is 1. The Kier molecular flexibility index (Phi) is 4.94. The topological polar surface area (TPSA) is 71.6 Å². The van der Waals surface area contributed by atoms with Gasteiger partial charge in [0.15, 0.2) is 0 Å². The van der Waals surface area contributed by atoms with E-state index in [0.29, 0.717) is 0 Å². The molecular weight excluding hydrogens is 258 g/mol. The molecule has 6 heteroatoms. The number of ether oxygens (including phenoxy) is 2. The smallest absolute Gasteiger partial charge is 0.247 e. The van der Waals surface area contributed by atoms with Crippen LogP contribution in [0.3, 0.4) is 0 Å². The molecule has 0 aliphatic carbocycles. The minimum absolute atomic E-state index is 0.0574. The van der Waals surface area contributed by atoms with E-state index in [1.807, 2.05) is 24.3 Å². The molecule has 1 aliphatic rings. The van der Waals surface area contributed by atoms with Gasteiger partial charge in [-0.3, -0.25) is 10.2 Å². The van der Waals surface area contributed by atoms with Crippen LogP contribution in [-0.2, 0) is 9.53 Å². The van der Waals surface area contributed by atoms with Gasteiger partial charge >= 0.3 is 0 Å². The normalized spacial score (nSPS) is 25.4. The van der Waals surface area contributed by atoms with Gasteiger partial charge in [-0.1, -0.05) is 12.1 Å². The van der Waals surface area contributed by atoms with Gasteiger partial charge in [0, 0.05) is 19.1 Å². The maximum absolute atomic E-state index is 11.7. The van der Waals surface area contributed by atoms with Crippen LogP contribution in [0.15, 0.2) is 24.3 Å². The van der Waals surface area contributed by atoms with Crippen molar-refractivity contribution in [3.63, 3.8) is 0 Å². The third kappa shape index (κ3) is 3.27. The highest BCUT2D eigenvalue weighted by molar-refractivity contribution is 5.77. The van der Waals surface area contributed by atoms with E-state index in [2.05, 4.69) is 23.1 Å². The molecule has 1 amide bonds. The Labute approximate surface area is 118 Å². The lowest BCUT2D eigenvalue weighted by Crippen LogP contribution is -2.47. The Balaban J connectivity index is 2.11. The van der Waals surface area contributed by atoms with E-state index in [1.54, 1.807) is 7.11 Å². The van der Waals surface area contributed by atoms with Crippen molar-refractivity contribution < 1.29 is 14.3 Å². The van der Waals surface area contributed by atoms with Crippen LogP contribution in [0.5, 0.6) is 5.75 Å². The quantitative estimate of drug-likeness (QED) is 0.726. The van der Waals surface area contributed by atoms with Crippen LogP contribution in [0.1, 0.15) is 18.4 Å². The van der Waals surface area contributed by atoms with E-state index in [0.717, 1.165) is 11.3 Å². The summed E-state index contributed by atoms with van der Waals surface area (Å²) in [5.74, 6) is 0.821. The van der Waals surface area contributed by atoms with Crippen molar-refractivity contribution in [3.8, 4) is 5.75 Å². The van der Waals surface area contributed by atoms with Crippen LogP contribution < -0.4 is 20.9 Å². The molecule has 1 heterocycles. The molecule has 6 nitrogen and oxygen atoms in total. The molecule has 0 spiro atoms. The molecular formula is C14H21N3O3. The number of carbonyl (C=O) groups excluding carboxylic acids is 1. The van der Waals surface area contributed by atoms with Gasteiger partial charge in [0.05, 0.1) is 7.11 Å². The number of rotatable bonds is 5. The van der Waals surface area contributed by atoms with Gasteiger partial charge in [0.25, 0.3) is 0 Å². The van der Waals surface area contributed by atoms with E-state index in [-0.39, 0.29) is 30.6 Å². The lowest BCUT2D eigenvalue weighted by Gasteiger charge is -2.22. The predicted molar refractivity (Wildman–Crippen MR) is 75.3 cm³/mol. The number of amides is 1. The maximum atomic E-state index is 11.7. The molecule has 110 valence electrons. The second-order valence-corrected chi connectivity index (χ2v) is 4.85. The van der Waals surface area contributed by atoms with Crippen LogP contribution in [0, 0.1) is 0 Å². The highest BCUT2D eigenvalue weighted by Gasteiger charge is 2.35. The standard InChI is InChI=1S/C14H21N3O3/c1-9-13(10-4-6-11(20-3)7-5-10)14(17-16-9)15-12(18)8-19-2/h4-7,9,13-14,16-17H,8H2,1-3H3,(H,15,18). The third-order valence-electron chi connectivity index (χ3n) is 3.46. The molecule has 1 saturated heterocycles. The Morgan fingerprint density at radius 2 is 1.95 bits per heavy atom. The molecule has 3 N–H and O–H groups in total. The molecule has 0 radical (unpaired) electrons. The molecule has 0 bridgehead atoms. The Hall–Kier alpha value is -1.63. The third-order valence-corrected chi connectivity index (χ3v) is 3.46. The van der Waals surface area contributed by atoms with E-state index < -0.39 is 0 Å². The monoisotopic (exact) mass is 279 g/mol. The van der Waals surface area contributed by atoms with E-state index >= 15 is 0 Å². The summed E-state index contributed by atoms with van der Waals surface area (Å²) in [5.41, 5.74) is 7.40. The first-order valence-electron chi connectivity index (χ1n) is 6.59. The average Bonchev–Trinajstić information content (AvgIpc) is 2.80. The van der Waals surface area contributed by atoms with E-state index in [4.69, 9.17) is 9.47 Å². The Bertz CT molecular complexity index is 449. The fraction of sp³-hybridized carbons (Fsp3) is 0.500. The van der Waals surface area contributed by atoms with Crippen LogP contribution in [0.4, 0.5) is 0 Å². The Morgan fingerprint density at radius 1 is 1.25 bits per heavy atom. The number of hydrogen-bond acceptors (Lipinski definition) is 5. The maximum Gasteiger partial charge on any atom is 0.247 e. The van der Waals surface area contributed by atoms with E-state index in [9.17, 15) is 4.79 Å². The molecule has 1 aliphatic heterocycles. The number of nitrogens with one attached hydrogen (secondary N) is 3. The number of hydrogen-bond donors (Lipinski definition) is 3. The lowest BCUT2D eigenvalue weighted by atomic mass is 9.91. The van der Waals surface area contributed by atoms with Crippen LogP contribution in [0.2, 0.25) is 0 Å². The molecule has 1 fully saturated rings. The van der Waals surface area contributed by atoms with Crippen molar-refractivity contribution in [2.45, 2.75) is 25.0 Å². The van der Waals surface area contributed by atoms with Gasteiger partial charge in [-0.2, -0.15) is 0 Å². The zero-order valence-electron chi connectivity index (χ0n) is 12.0. The van der Waals surface area contributed by atoms with Gasteiger partial charge < -0.3 is 14.8 Å². The predicted octanol–water partition coefficient (Wildman–Crippen LogP) is 0.364. The van der Waals surface area contributed by atoms with Gasteiger partial charge in [-0.05, 0) is 24.6 Å². The van der Waals surface area contributed by atoms with Crippen molar-refractivity contribution in [1.29, 1.82) is 0 Å². The van der Waals surface area contributed by atoms with Crippen molar-refractivity contribution >= 4 is 5.91 Å². The van der Waals surface area contributed by atoms with Crippen LogP contribution in [0.25, 0.3) is 0 Å². The highest BCUT2D eigenvalue weighted by atomic mass is 16.5. The first kappa shape index (κ1) is 14.8. The first-order valence-corrected chi connectivity index (χ1v) is 6.59. The Morgan fingerprint density at radius 3 is 2.55 bits per heavy atom. The van der Waals surface area contributed by atoms with Gasteiger partial charge in [-0.15, -0.1) is 0 Å². The summed E-state index contributed by atoms with van der Waals surface area (Å²) in [4.78, 5) is 11.7. The lowest BCUT2D eigenvalue weighted by molar-refractivity contribution is -0.125. The van der Waals surface area contributed by atoms with Gasteiger partial charge in [0.2, 0.25) is 5.91 Å². The summed E-state index contributed by atoms with van der Waals surface area (Å²) in [6, 6.07) is 8.09. The number of hydrazine groups is 1. The summed E-state index contributed by atoms with van der Waals surface area (Å²) >= 11 is 0. The van der Waals surface area contributed by atoms with Crippen molar-refractivity contribution in [3.05, 3.63) is 29.8 Å². The second kappa shape index (κ2) is 6.69. The summed E-state index contributed by atoms with van der Waals surface area (Å²) < 4.78 is 10.00. The molecule has 1 aromatic carbocycles. The fourth-order valence-corrected chi connectivity index (χ4v) is 2.47. The molecule has 3 unspecified atom stereocenters. The minimum atomic E-state index is -0.166. The van der Waals surface area contributed by atoms with E-state index in [1.165, 1.54) is 7.11 Å². The first-order chi connectivity index (χ1) is 9.65. The largest absolute Gasteiger partial charge is 0.497 e. The molecule has 1 aromatic rings. The van der Waals surface area contributed by atoms with Crippen LogP contribution >= 0.6 is 0 Å². The summed E-state index contributed by atoms with van der Waals surface area (Å²) in [6.45, 7) is 2.13. The molecule has 2 rings (SSSR count). The fourth-order valence-electron chi connectivity index (χ4n) is 2.47. The molecule has 0 aromatic heterocycles. The zero-order chi connectivity index (χ0) is 14.5. The molecule has 0 saturated carbocycles. The summed E-state index contributed by atoms with van der Waals surface area (Å²) in [7, 11) is 3.15. The molecule has 20 heavy (non-hydrogen) atoms. The van der Waals surface area contributed by atoms with Crippen molar-refractivity contribution in [2.75, 3.05) is 20.8 Å². The van der Waals surface area contributed by atoms with Gasteiger partial charge in [-0.25, -0.2) is 5.43 Å². The highest BCUT2D eigenvalue weighted by Crippen LogP contribution is 2.27. The SMILES string of the molecule is COCC(=O)NC1NNC(C)C1c1ccc(OC)cc1. The molecule has 3 atom stereocenters. The number of benzene rings is 1. The summed E-state index contributed by atoms with van der Waals surface area (Å²) in [6.07, 6.45) is -0.166. The van der Waals surface area contributed by atoms with Crippen molar-refractivity contribution in [1.82, 2.24) is 16.2 Å². The number of methoxy groups -OCH3 is 2. The minimum Gasteiger partial charge on any atom is -0.497 e. The second-order valence-electron chi connectivity index (χ2n) is 4.85. The van der Waals surface area contributed by atoms with Crippen molar-refractivity contribution in [2.24, 2.45) is 0 Å². The van der Waals surface area contributed by atoms with Crippen LogP contribution in [-0.4, -0.2) is 38.9 Å².